The van der Waals surface area contributed by atoms with Crippen molar-refractivity contribution in [3.63, 3.8) is 0 Å². The number of hydrogen-bond donors (Lipinski definition) is 3. The van der Waals surface area contributed by atoms with Gasteiger partial charge in [-0.25, -0.2) is 14.6 Å². The Kier molecular flexibility index (Phi) is 6.88. The Balaban J connectivity index is 1.24. The predicted octanol–water partition coefficient (Wildman–Crippen LogP) is 5.30. The molecular weight excluding hydrogens is 492 g/mol. The van der Waals surface area contributed by atoms with E-state index in [0.29, 0.717) is 17.9 Å². The molecule has 3 heterocycles. The van der Waals surface area contributed by atoms with Crippen molar-refractivity contribution in [3.05, 3.63) is 53.9 Å². The number of benzene rings is 2. The summed E-state index contributed by atoms with van der Waals surface area (Å²) in [5.74, 6) is 0.440. The van der Waals surface area contributed by atoms with E-state index in [4.69, 9.17) is 20.0 Å². The number of rotatable bonds is 8. The number of nitrogens with two attached hydrogens (primary N) is 1. The lowest BCUT2D eigenvalue weighted by atomic mass is 9.91. The fourth-order valence-corrected chi connectivity index (χ4v) is 5.61. The van der Waals surface area contributed by atoms with Gasteiger partial charge in [0.2, 0.25) is 0 Å². The highest BCUT2D eigenvalue weighted by atomic mass is 16.5. The van der Waals surface area contributed by atoms with Gasteiger partial charge in [0.1, 0.15) is 23.4 Å². The average Bonchev–Trinajstić information content (AvgIpc) is 3.52. The van der Waals surface area contributed by atoms with Gasteiger partial charge in [-0.1, -0.05) is 18.2 Å². The molecular formula is C29H34N8O2. The van der Waals surface area contributed by atoms with Gasteiger partial charge in [0.05, 0.1) is 18.0 Å². The zero-order chi connectivity index (χ0) is 26.9. The molecule has 1 saturated carbocycles. The van der Waals surface area contributed by atoms with Crippen LogP contribution in [-0.4, -0.2) is 51.0 Å². The van der Waals surface area contributed by atoms with Crippen molar-refractivity contribution in [2.45, 2.75) is 51.6 Å². The van der Waals surface area contributed by atoms with Gasteiger partial charge in [-0.2, -0.15) is 10.1 Å². The summed E-state index contributed by atoms with van der Waals surface area (Å²) in [6.07, 6.45) is 5.74. The van der Waals surface area contributed by atoms with Crippen LogP contribution in [0.25, 0.3) is 33.4 Å². The van der Waals surface area contributed by atoms with E-state index in [-0.39, 0.29) is 6.04 Å². The summed E-state index contributed by atoms with van der Waals surface area (Å²) in [6, 6.07) is 13.4. The fraction of sp³-hybridized carbons (Fsp3) is 0.379. The molecule has 0 aliphatic heterocycles. The molecule has 6 rings (SSSR count). The third-order valence-electron chi connectivity index (χ3n) is 7.53. The number of nitrogens with zero attached hydrogens (tertiary/aromatic N) is 5. The number of nitrogens with one attached hydrogen (secondary N) is 2. The van der Waals surface area contributed by atoms with Crippen molar-refractivity contribution in [2.75, 3.05) is 31.3 Å². The van der Waals surface area contributed by atoms with Crippen LogP contribution in [-0.2, 0) is 4.74 Å². The van der Waals surface area contributed by atoms with Crippen molar-refractivity contribution in [3.8, 4) is 11.3 Å². The molecule has 2 aromatic carbocycles. The molecule has 0 saturated heterocycles. The maximum Gasteiger partial charge on any atom is 0.300 e. The molecule has 1 fully saturated rings. The standard InChI is InChI=1S/C29H34N8O2/c1-17-14-18(2)26-23(15-17)35-29(39-26)34-21-6-4-19(5-7-21)25-24-27(30)32-16-33-28(24)37(36-25)22-10-8-20(9-11-22)31-12-13-38-3/h4-7,14-16,20,22,31H,8-13H2,1-3H3,(H,34,35)(H2,30,32,33)/t20-,22+. The highest BCUT2D eigenvalue weighted by molar-refractivity contribution is 5.98. The van der Waals surface area contributed by atoms with Crippen LogP contribution in [0.15, 0.2) is 47.1 Å². The molecule has 0 radical (unpaired) electrons. The summed E-state index contributed by atoms with van der Waals surface area (Å²) in [5.41, 5.74) is 13.6. The van der Waals surface area contributed by atoms with Crippen LogP contribution in [0, 0.1) is 13.8 Å². The van der Waals surface area contributed by atoms with Crippen molar-refractivity contribution in [1.29, 1.82) is 0 Å². The van der Waals surface area contributed by atoms with Crippen LogP contribution in [0.4, 0.5) is 17.5 Å². The van der Waals surface area contributed by atoms with Crippen molar-refractivity contribution in [1.82, 2.24) is 30.0 Å². The molecule has 202 valence electrons. The lowest BCUT2D eigenvalue weighted by molar-refractivity contribution is 0.188. The van der Waals surface area contributed by atoms with E-state index < -0.39 is 0 Å². The highest BCUT2D eigenvalue weighted by Gasteiger charge is 2.27. The summed E-state index contributed by atoms with van der Waals surface area (Å²) < 4.78 is 13.2. The molecule has 5 aromatic rings. The molecule has 39 heavy (non-hydrogen) atoms. The Morgan fingerprint density at radius 1 is 1.08 bits per heavy atom. The maximum atomic E-state index is 6.36. The molecule has 0 unspecified atom stereocenters. The molecule has 4 N–H and O–H groups in total. The fourth-order valence-electron chi connectivity index (χ4n) is 5.61. The predicted molar refractivity (Wildman–Crippen MR) is 153 cm³/mol. The smallest absolute Gasteiger partial charge is 0.300 e. The summed E-state index contributed by atoms with van der Waals surface area (Å²) >= 11 is 0. The van der Waals surface area contributed by atoms with Crippen LogP contribution in [0.1, 0.15) is 42.9 Å². The minimum absolute atomic E-state index is 0.267. The molecule has 0 bridgehead atoms. The Labute approximate surface area is 227 Å². The normalized spacial score (nSPS) is 17.7. The van der Waals surface area contributed by atoms with Crippen LogP contribution < -0.4 is 16.4 Å². The Bertz CT molecular complexity index is 1600. The van der Waals surface area contributed by atoms with Gasteiger partial charge in [0.25, 0.3) is 6.01 Å². The lowest BCUT2D eigenvalue weighted by Crippen LogP contribution is -2.35. The SMILES string of the molecule is COCCN[C@H]1CC[C@@H](n2nc(-c3ccc(Nc4nc5cc(C)cc(C)c5o4)cc3)c3c(N)ncnc32)CC1. The van der Waals surface area contributed by atoms with Gasteiger partial charge in [-0.3, -0.25) is 0 Å². The molecule has 0 spiro atoms. The third-order valence-corrected chi connectivity index (χ3v) is 7.53. The summed E-state index contributed by atoms with van der Waals surface area (Å²) in [6.45, 7) is 5.69. The number of oxazole rings is 1. The van der Waals surface area contributed by atoms with Gasteiger partial charge in [0, 0.05) is 30.9 Å². The topological polar surface area (TPSA) is 129 Å². The van der Waals surface area contributed by atoms with Gasteiger partial charge >= 0.3 is 0 Å². The van der Waals surface area contributed by atoms with E-state index in [9.17, 15) is 0 Å². The first kappa shape index (κ1) is 25.3. The van der Waals surface area contributed by atoms with Crippen LogP contribution in [0.5, 0.6) is 0 Å². The largest absolute Gasteiger partial charge is 0.423 e. The Morgan fingerprint density at radius 2 is 1.87 bits per heavy atom. The summed E-state index contributed by atoms with van der Waals surface area (Å²) in [5, 5.41) is 12.7. The second-order valence-electron chi connectivity index (χ2n) is 10.4. The van der Waals surface area contributed by atoms with Crippen LogP contribution >= 0.6 is 0 Å². The van der Waals surface area contributed by atoms with E-state index in [1.807, 2.05) is 37.3 Å². The second-order valence-corrected chi connectivity index (χ2v) is 10.4. The van der Waals surface area contributed by atoms with Crippen LogP contribution in [0.3, 0.4) is 0 Å². The van der Waals surface area contributed by atoms with Gasteiger partial charge in [-0.05, 0) is 68.9 Å². The number of nitrogen functional groups attached to an aromatic ring is 1. The minimum Gasteiger partial charge on any atom is -0.423 e. The number of aromatic nitrogens is 5. The van der Waals surface area contributed by atoms with Gasteiger partial charge < -0.3 is 25.5 Å². The van der Waals surface area contributed by atoms with E-state index in [1.54, 1.807) is 7.11 Å². The van der Waals surface area contributed by atoms with E-state index in [2.05, 4.69) is 43.3 Å². The first-order chi connectivity index (χ1) is 19.0. The summed E-state index contributed by atoms with van der Waals surface area (Å²) in [7, 11) is 1.73. The number of anilines is 3. The molecule has 1 aliphatic carbocycles. The molecule has 0 atom stereocenters. The molecule has 10 heteroatoms. The van der Waals surface area contributed by atoms with Gasteiger partial charge in [0.15, 0.2) is 11.2 Å². The summed E-state index contributed by atoms with van der Waals surface area (Å²) in [4.78, 5) is 13.5. The Hall–Kier alpha value is -4.02. The van der Waals surface area contributed by atoms with E-state index in [1.165, 1.54) is 6.33 Å². The highest BCUT2D eigenvalue weighted by Crippen LogP contribution is 2.36. The number of hydrogen-bond acceptors (Lipinski definition) is 9. The minimum atomic E-state index is 0.267. The zero-order valence-corrected chi connectivity index (χ0v) is 22.6. The first-order valence-corrected chi connectivity index (χ1v) is 13.5. The number of methoxy groups -OCH3 is 1. The molecule has 10 nitrogen and oxygen atoms in total. The second kappa shape index (κ2) is 10.6. The number of ether oxygens (including phenoxy) is 1. The van der Waals surface area contributed by atoms with Gasteiger partial charge in [-0.15, -0.1) is 0 Å². The van der Waals surface area contributed by atoms with E-state index in [0.717, 1.165) is 89.0 Å². The molecule has 1 aliphatic rings. The lowest BCUT2D eigenvalue weighted by Gasteiger charge is -2.29. The van der Waals surface area contributed by atoms with Crippen molar-refractivity contribution < 1.29 is 9.15 Å². The molecule has 0 amide bonds. The maximum absolute atomic E-state index is 6.36. The molecule has 3 aromatic heterocycles. The quantitative estimate of drug-likeness (QED) is 0.231. The number of fused-ring (bicyclic) bond motifs is 2. The average molecular weight is 527 g/mol. The number of aryl methyl sites for hydroxylation is 2. The monoisotopic (exact) mass is 526 g/mol. The first-order valence-electron chi connectivity index (χ1n) is 13.5. The van der Waals surface area contributed by atoms with Crippen molar-refractivity contribution >= 4 is 39.7 Å². The van der Waals surface area contributed by atoms with E-state index >= 15 is 0 Å². The zero-order valence-electron chi connectivity index (χ0n) is 22.6. The van der Waals surface area contributed by atoms with Crippen LogP contribution in [0.2, 0.25) is 0 Å². The Morgan fingerprint density at radius 3 is 2.64 bits per heavy atom. The van der Waals surface area contributed by atoms with Crippen molar-refractivity contribution in [2.24, 2.45) is 0 Å². The third kappa shape index (κ3) is 5.05.